The van der Waals surface area contributed by atoms with E-state index >= 15 is 0 Å². The van der Waals surface area contributed by atoms with Crippen molar-refractivity contribution in [3.05, 3.63) is 47.7 Å². The van der Waals surface area contributed by atoms with E-state index in [0.29, 0.717) is 6.42 Å². The van der Waals surface area contributed by atoms with Crippen molar-refractivity contribution in [3.63, 3.8) is 0 Å². The summed E-state index contributed by atoms with van der Waals surface area (Å²) in [5.74, 6) is 0.825. The van der Waals surface area contributed by atoms with Crippen LogP contribution in [0.5, 0.6) is 0 Å². The Morgan fingerprint density at radius 1 is 1.19 bits per heavy atom. The molecule has 0 amide bonds. The maximum atomic E-state index is 13.0. The Bertz CT molecular complexity index is 691. The zero-order chi connectivity index (χ0) is 20.5. The molecule has 0 N–H and O–H groups in total. The van der Waals surface area contributed by atoms with Gasteiger partial charge in [-0.05, 0) is 50.3 Å². The number of hydrogen-bond donors (Lipinski definition) is 0. The predicted molar refractivity (Wildman–Crippen MR) is 113 cm³/mol. The predicted octanol–water partition coefficient (Wildman–Crippen LogP) is 4.73. The van der Waals surface area contributed by atoms with Crippen molar-refractivity contribution in [2.75, 3.05) is 21.2 Å². The lowest BCUT2D eigenvalue weighted by Crippen LogP contribution is -2.55. The third-order valence-corrected chi connectivity index (χ3v) is 10.6. The summed E-state index contributed by atoms with van der Waals surface area (Å²) in [6.07, 6.45) is 3.56. The number of rotatable bonds is 5. The number of allylic oxidation sites excluding steroid dienone is 1. The number of ether oxygens (including phenoxy) is 1. The maximum Gasteiger partial charge on any atom is 0.318 e. The van der Waals surface area contributed by atoms with Gasteiger partial charge in [0, 0.05) is 6.42 Å². The second kappa shape index (κ2) is 7.80. The number of esters is 1. The Morgan fingerprint density at radius 3 is 2.26 bits per heavy atom. The molecule has 0 saturated carbocycles. The van der Waals surface area contributed by atoms with E-state index in [1.807, 2.05) is 44.4 Å². The van der Waals surface area contributed by atoms with Crippen LogP contribution in [-0.2, 0) is 19.4 Å². The Hall–Kier alpha value is -1.59. The zero-order valence-electron chi connectivity index (χ0n) is 18.1. The maximum absolute atomic E-state index is 13.0. The molecule has 27 heavy (non-hydrogen) atoms. The molecular formula is C22H35NO3Si. The summed E-state index contributed by atoms with van der Waals surface area (Å²) in [6, 6.07) is 9.88. The molecule has 0 aliphatic heterocycles. The molecule has 1 aromatic rings. The summed E-state index contributed by atoms with van der Waals surface area (Å²) in [4.78, 5) is 15.1. The summed E-state index contributed by atoms with van der Waals surface area (Å²) in [5.41, 5.74) is 0.276. The average molecular weight is 390 g/mol. The molecule has 2 atom stereocenters. The molecular weight excluding hydrogens is 354 g/mol. The molecule has 5 heteroatoms. The van der Waals surface area contributed by atoms with Gasteiger partial charge in [0.15, 0.2) is 0 Å². The summed E-state index contributed by atoms with van der Waals surface area (Å²) in [7, 11) is 3.58. The Kier molecular flexibility index (Phi) is 6.27. The highest BCUT2D eigenvalue weighted by molar-refractivity contribution is 6.74. The van der Waals surface area contributed by atoms with Crippen LogP contribution in [0.2, 0.25) is 18.1 Å². The summed E-state index contributed by atoms with van der Waals surface area (Å²) < 4.78 is 11.9. The second-order valence-corrected chi connectivity index (χ2v) is 14.0. The Morgan fingerprint density at radius 2 is 1.78 bits per heavy atom. The van der Waals surface area contributed by atoms with Crippen LogP contribution in [0.1, 0.15) is 39.2 Å². The highest BCUT2D eigenvalue weighted by Crippen LogP contribution is 2.45. The highest BCUT2D eigenvalue weighted by atomic mass is 28.4. The van der Waals surface area contributed by atoms with Crippen LogP contribution < -0.4 is 0 Å². The van der Waals surface area contributed by atoms with Gasteiger partial charge in [-0.3, -0.25) is 4.79 Å². The van der Waals surface area contributed by atoms with Gasteiger partial charge in [0.25, 0.3) is 0 Å². The molecule has 0 spiro atoms. The number of benzene rings is 1. The fourth-order valence-electron chi connectivity index (χ4n) is 3.60. The van der Waals surface area contributed by atoms with E-state index in [2.05, 4.69) is 44.8 Å². The van der Waals surface area contributed by atoms with Gasteiger partial charge in [-0.1, -0.05) is 51.1 Å². The summed E-state index contributed by atoms with van der Waals surface area (Å²) in [6.45, 7) is 11.3. The SMILES string of the molecule is COC(=O)[C@]1(c2ccccc2)CCC(O[Si](C)(C)C(C)(C)C)=C[C@H]1N(C)C. The van der Waals surface area contributed by atoms with Gasteiger partial charge in [-0.15, -0.1) is 0 Å². The fraction of sp³-hybridized carbons (Fsp3) is 0.591. The van der Waals surface area contributed by atoms with Gasteiger partial charge >= 0.3 is 5.97 Å². The van der Waals surface area contributed by atoms with Crippen molar-refractivity contribution < 1.29 is 14.0 Å². The van der Waals surface area contributed by atoms with E-state index in [-0.39, 0.29) is 17.0 Å². The average Bonchev–Trinajstić information content (AvgIpc) is 2.60. The largest absolute Gasteiger partial charge is 0.547 e. The number of methoxy groups -OCH3 is 1. The molecule has 2 rings (SSSR count). The van der Waals surface area contributed by atoms with Crippen LogP contribution in [0.4, 0.5) is 0 Å². The molecule has 1 aliphatic rings. The van der Waals surface area contributed by atoms with E-state index < -0.39 is 13.7 Å². The molecule has 1 aliphatic carbocycles. The van der Waals surface area contributed by atoms with E-state index in [1.54, 1.807) is 0 Å². The minimum Gasteiger partial charge on any atom is -0.547 e. The van der Waals surface area contributed by atoms with Crippen molar-refractivity contribution in [1.29, 1.82) is 0 Å². The minimum absolute atomic E-state index is 0.124. The molecule has 4 nitrogen and oxygen atoms in total. The summed E-state index contributed by atoms with van der Waals surface area (Å²) >= 11 is 0. The first kappa shape index (κ1) is 21.7. The third kappa shape index (κ3) is 4.14. The topological polar surface area (TPSA) is 38.8 Å². The van der Waals surface area contributed by atoms with Crippen LogP contribution in [0, 0.1) is 0 Å². The quantitative estimate of drug-likeness (QED) is 0.539. The lowest BCUT2D eigenvalue weighted by molar-refractivity contribution is -0.150. The minimum atomic E-state index is -1.92. The van der Waals surface area contributed by atoms with Gasteiger partial charge in [0.05, 0.1) is 18.9 Å². The van der Waals surface area contributed by atoms with Crippen LogP contribution in [-0.4, -0.2) is 46.4 Å². The van der Waals surface area contributed by atoms with Gasteiger partial charge in [0.1, 0.15) is 5.41 Å². The molecule has 0 aromatic heterocycles. The number of hydrogen-bond acceptors (Lipinski definition) is 4. The molecule has 0 unspecified atom stereocenters. The van der Waals surface area contributed by atoms with Gasteiger partial charge in [0.2, 0.25) is 8.32 Å². The Labute approximate surface area is 165 Å². The fourth-order valence-corrected chi connectivity index (χ4v) is 4.73. The molecule has 150 valence electrons. The molecule has 0 heterocycles. The normalized spacial score (nSPS) is 23.7. The van der Waals surface area contributed by atoms with Gasteiger partial charge in [-0.2, -0.15) is 0 Å². The van der Waals surface area contributed by atoms with E-state index in [0.717, 1.165) is 17.7 Å². The first-order chi connectivity index (χ1) is 12.5. The smallest absolute Gasteiger partial charge is 0.318 e. The first-order valence-corrected chi connectivity index (χ1v) is 12.6. The first-order valence-electron chi connectivity index (χ1n) is 9.66. The van der Waals surface area contributed by atoms with E-state index in [4.69, 9.17) is 9.16 Å². The Balaban J connectivity index is 2.51. The number of likely N-dealkylation sites (N-methyl/N-ethyl adjacent to an activating group) is 1. The standard InChI is InChI=1S/C22H35NO3Si/c1-21(2,3)27(7,8)26-18-14-15-22(20(24)25-6,19(16-18)23(4)5)17-12-10-9-11-13-17/h9-13,16,19H,14-15H2,1-8H3/t19-,22+/m1/s1. The van der Waals surface area contributed by atoms with Crippen molar-refractivity contribution in [3.8, 4) is 0 Å². The van der Waals surface area contributed by atoms with Crippen molar-refractivity contribution in [2.45, 2.75) is 63.2 Å². The molecule has 0 radical (unpaired) electrons. The second-order valence-electron chi connectivity index (χ2n) is 9.23. The molecule has 0 bridgehead atoms. The van der Waals surface area contributed by atoms with Crippen LogP contribution in [0.15, 0.2) is 42.2 Å². The highest BCUT2D eigenvalue weighted by Gasteiger charge is 2.51. The van der Waals surface area contributed by atoms with Gasteiger partial charge < -0.3 is 14.1 Å². The van der Waals surface area contributed by atoms with Gasteiger partial charge in [-0.25, -0.2) is 0 Å². The monoisotopic (exact) mass is 389 g/mol. The molecule has 0 saturated heterocycles. The number of nitrogens with zero attached hydrogens (tertiary/aromatic N) is 1. The summed E-state index contributed by atoms with van der Waals surface area (Å²) in [5, 5.41) is 0.137. The van der Waals surface area contributed by atoms with Crippen molar-refractivity contribution >= 4 is 14.3 Å². The molecule has 0 fully saturated rings. The zero-order valence-corrected chi connectivity index (χ0v) is 19.1. The van der Waals surface area contributed by atoms with E-state index in [9.17, 15) is 4.79 Å². The van der Waals surface area contributed by atoms with Crippen LogP contribution >= 0.6 is 0 Å². The van der Waals surface area contributed by atoms with Crippen molar-refractivity contribution in [1.82, 2.24) is 4.90 Å². The van der Waals surface area contributed by atoms with E-state index in [1.165, 1.54) is 7.11 Å². The lowest BCUT2D eigenvalue weighted by Gasteiger charge is -2.45. The van der Waals surface area contributed by atoms with Crippen LogP contribution in [0.25, 0.3) is 0 Å². The molecule has 1 aromatic carbocycles. The lowest BCUT2D eigenvalue weighted by atomic mass is 9.67. The number of carbonyl (C=O) groups excluding carboxylic acids is 1. The van der Waals surface area contributed by atoms with Crippen LogP contribution in [0.3, 0.4) is 0 Å². The van der Waals surface area contributed by atoms with Crippen molar-refractivity contribution in [2.24, 2.45) is 0 Å². The third-order valence-electron chi connectivity index (χ3n) is 6.20. The number of carbonyl (C=O) groups is 1.